The summed E-state index contributed by atoms with van der Waals surface area (Å²) in [6, 6.07) is 1.97. The summed E-state index contributed by atoms with van der Waals surface area (Å²) in [6.07, 6.45) is 1.90. The van der Waals surface area contributed by atoms with E-state index in [1.807, 2.05) is 49.9 Å². The van der Waals surface area contributed by atoms with Gasteiger partial charge in [-0.1, -0.05) is 11.6 Å². The van der Waals surface area contributed by atoms with Crippen molar-refractivity contribution < 1.29 is 0 Å². The molecule has 0 amide bonds. The lowest BCUT2D eigenvalue weighted by molar-refractivity contribution is 0.461. The number of aryl methyl sites for hydroxylation is 1. The van der Waals surface area contributed by atoms with Crippen molar-refractivity contribution in [1.82, 2.24) is 19.8 Å². The van der Waals surface area contributed by atoms with Gasteiger partial charge in [0.05, 0.1) is 23.8 Å². The van der Waals surface area contributed by atoms with E-state index in [2.05, 4.69) is 25.6 Å². The van der Waals surface area contributed by atoms with Crippen molar-refractivity contribution >= 4 is 58.0 Å². The smallest absolute Gasteiger partial charge is 0.194 e. The first-order valence-electron chi connectivity index (χ1n) is 7.25. The van der Waals surface area contributed by atoms with E-state index in [1.165, 1.54) is 0 Å². The molecule has 0 bridgehead atoms. The topological polar surface area (TPSA) is 48.7 Å². The third-order valence-corrected chi connectivity index (χ3v) is 4.66. The number of guanidine groups is 1. The number of thiazole rings is 1. The summed E-state index contributed by atoms with van der Waals surface area (Å²) < 4.78 is 2.02. The van der Waals surface area contributed by atoms with E-state index in [4.69, 9.17) is 11.6 Å². The quantitative estimate of drug-likeness (QED) is 0.404. The Kier molecular flexibility index (Phi) is 8.31. The molecule has 0 spiro atoms. The molecule has 2 rings (SSSR count). The van der Waals surface area contributed by atoms with Gasteiger partial charge in [-0.25, -0.2) is 4.98 Å². The predicted molar refractivity (Wildman–Crippen MR) is 114 cm³/mol. The van der Waals surface area contributed by atoms with Crippen LogP contribution in [0.25, 0.3) is 0 Å². The fourth-order valence-electron chi connectivity index (χ4n) is 2.18. The van der Waals surface area contributed by atoms with Crippen LogP contribution in [0.5, 0.6) is 0 Å². The molecular weight excluding hydrogens is 459 g/mol. The number of hydrogen-bond acceptors (Lipinski definition) is 4. The number of nitrogens with zero attached hydrogens (tertiary/aromatic N) is 5. The third-order valence-electron chi connectivity index (χ3n) is 3.40. The number of aliphatic imine (C=N–C) groups is 1. The fourth-order valence-corrected chi connectivity index (χ4v) is 3.21. The molecule has 0 atom stereocenters. The number of halogens is 2. The van der Waals surface area contributed by atoms with Gasteiger partial charge in [-0.3, -0.25) is 4.99 Å². The Hall–Kier alpha value is -1.000. The zero-order valence-electron chi connectivity index (χ0n) is 14.6. The Morgan fingerprint density at radius 1 is 1.42 bits per heavy atom. The van der Waals surface area contributed by atoms with Gasteiger partial charge in [0.15, 0.2) is 11.1 Å². The molecule has 2 aromatic rings. The van der Waals surface area contributed by atoms with Gasteiger partial charge >= 0.3 is 0 Å². The molecule has 0 aliphatic rings. The fraction of sp³-hybridized carbons (Fsp3) is 0.467. The zero-order chi connectivity index (χ0) is 17.0. The van der Waals surface area contributed by atoms with Crippen molar-refractivity contribution in [1.29, 1.82) is 0 Å². The van der Waals surface area contributed by atoms with Crippen molar-refractivity contribution in [3.63, 3.8) is 0 Å². The molecule has 1 N–H and O–H groups in total. The number of hydrogen-bond donors (Lipinski definition) is 1. The summed E-state index contributed by atoms with van der Waals surface area (Å²) in [7, 11) is 9.76. The Balaban J connectivity index is 0.00000288. The Bertz CT molecular complexity index is 681. The largest absolute Gasteiger partial charge is 0.354 e. The van der Waals surface area contributed by atoms with E-state index >= 15 is 0 Å². The highest BCUT2D eigenvalue weighted by atomic mass is 127. The third kappa shape index (κ3) is 5.52. The van der Waals surface area contributed by atoms with Gasteiger partial charge in [0.25, 0.3) is 0 Å². The Labute approximate surface area is 169 Å². The minimum Gasteiger partial charge on any atom is -0.354 e. The van der Waals surface area contributed by atoms with Crippen LogP contribution >= 0.6 is 46.9 Å². The molecule has 9 heteroatoms. The van der Waals surface area contributed by atoms with Gasteiger partial charge in [0.1, 0.15) is 0 Å². The first-order chi connectivity index (χ1) is 10.9. The van der Waals surface area contributed by atoms with Gasteiger partial charge in [0, 0.05) is 52.5 Å². The van der Waals surface area contributed by atoms with Crippen LogP contribution in [0.15, 0.2) is 22.6 Å². The highest BCUT2D eigenvalue weighted by molar-refractivity contribution is 14.0. The van der Waals surface area contributed by atoms with E-state index in [0.29, 0.717) is 6.54 Å². The monoisotopic (exact) mass is 482 g/mol. The standard InChI is InChI=1S/C15H23ClN6S.HI/c1-17-14(18-7-12-10-23-15(19-12)20(2)3)22(5)9-13-6-11(16)8-21(13)4;/h6,8,10H,7,9H2,1-5H3,(H,17,18);1H. The lowest BCUT2D eigenvalue weighted by atomic mass is 10.4. The van der Waals surface area contributed by atoms with E-state index < -0.39 is 0 Å². The van der Waals surface area contributed by atoms with Gasteiger partial charge in [-0.2, -0.15) is 0 Å². The van der Waals surface area contributed by atoms with Gasteiger partial charge < -0.3 is 19.7 Å². The molecular formula is C15H24ClIN6S. The van der Waals surface area contributed by atoms with E-state index in [9.17, 15) is 0 Å². The summed E-state index contributed by atoms with van der Waals surface area (Å²) in [5, 5.41) is 7.16. The first-order valence-corrected chi connectivity index (χ1v) is 8.50. The molecule has 0 radical (unpaired) electrons. The number of nitrogens with one attached hydrogen (secondary N) is 1. The predicted octanol–water partition coefficient (Wildman–Crippen LogP) is 3.03. The SMILES string of the molecule is CN=C(NCc1csc(N(C)C)n1)N(C)Cc1cc(Cl)cn1C.I. The molecule has 2 aromatic heterocycles. The second-order valence-corrected chi connectivity index (χ2v) is 6.81. The lowest BCUT2D eigenvalue weighted by Gasteiger charge is -2.22. The maximum Gasteiger partial charge on any atom is 0.194 e. The number of rotatable bonds is 5. The summed E-state index contributed by atoms with van der Waals surface area (Å²) >= 11 is 7.67. The zero-order valence-corrected chi connectivity index (χ0v) is 18.5. The maximum atomic E-state index is 6.04. The van der Waals surface area contributed by atoms with Gasteiger partial charge in [-0.15, -0.1) is 35.3 Å². The van der Waals surface area contributed by atoms with Crippen LogP contribution in [0, 0.1) is 0 Å². The van der Waals surface area contributed by atoms with E-state index in [1.54, 1.807) is 18.4 Å². The molecule has 2 heterocycles. The van der Waals surface area contributed by atoms with Crippen molar-refractivity contribution in [3.8, 4) is 0 Å². The summed E-state index contributed by atoms with van der Waals surface area (Å²) in [5.74, 6) is 0.821. The van der Waals surface area contributed by atoms with Crippen LogP contribution in [-0.2, 0) is 20.1 Å². The van der Waals surface area contributed by atoms with Crippen LogP contribution in [0.1, 0.15) is 11.4 Å². The average Bonchev–Trinajstić information content (AvgIpc) is 3.07. The van der Waals surface area contributed by atoms with Crippen LogP contribution < -0.4 is 10.2 Å². The molecule has 6 nitrogen and oxygen atoms in total. The van der Waals surface area contributed by atoms with Crippen LogP contribution in [0.4, 0.5) is 5.13 Å². The minimum absolute atomic E-state index is 0. The lowest BCUT2D eigenvalue weighted by Crippen LogP contribution is -2.38. The molecule has 0 unspecified atom stereocenters. The molecule has 0 aliphatic heterocycles. The van der Waals surface area contributed by atoms with Crippen molar-refractivity contribution in [2.75, 3.05) is 33.1 Å². The molecule has 0 saturated heterocycles. The highest BCUT2D eigenvalue weighted by Gasteiger charge is 2.11. The number of anilines is 1. The average molecular weight is 483 g/mol. The Morgan fingerprint density at radius 3 is 2.62 bits per heavy atom. The molecule has 0 aliphatic carbocycles. The maximum absolute atomic E-state index is 6.04. The molecule has 0 fully saturated rings. The van der Waals surface area contributed by atoms with Crippen molar-refractivity contribution in [2.24, 2.45) is 12.0 Å². The van der Waals surface area contributed by atoms with Crippen molar-refractivity contribution in [2.45, 2.75) is 13.1 Å². The Morgan fingerprint density at radius 2 is 2.12 bits per heavy atom. The molecule has 0 aromatic carbocycles. The number of aromatic nitrogens is 2. The van der Waals surface area contributed by atoms with Gasteiger partial charge in [0.2, 0.25) is 0 Å². The van der Waals surface area contributed by atoms with E-state index in [0.717, 1.165) is 34.0 Å². The molecule has 0 saturated carbocycles. The summed E-state index contributed by atoms with van der Waals surface area (Å²) in [5.41, 5.74) is 2.14. The first kappa shape index (κ1) is 21.0. The second-order valence-electron chi connectivity index (χ2n) is 5.53. The van der Waals surface area contributed by atoms with Crippen LogP contribution in [0.3, 0.4) is 0 Å². The minimum atomic E-state index is 0. The summed E-state index contributed by atoms with van der Waals surface area (Å²) in [4.78, 5) is 13.0. The highest BCUT2D eigenvalue weighted by Crippen LogP contribution is 2.18. The van der Waals surface area contributed by atoms with Crippen LogP contribution in [-0.4, -0.2) is 48.6 Å². The van der Waals surface area contributed by atoms with Gasteiger partial charge in [-0.05, 0) is 6.07 Å². The summed E-state index contributed by atoms with van der Waals surface area (Å²) in [6.45, 7) is 1.37. The van der Waals surface area contributed by atoms with E-state index in [-0.39, 0.29) is 24.0 Å². The van der Waals surface area contributed by atoms with Crippen LogP contribution in [0.2, 0.25) is 5.02 Å². The van der Waals surface area contributed by atoms with Crippen molar-refractivity contribution in [3.05, 3.63) is 34.1 Å². The molecule has 134 valence electrons. The normalized spacial score (nSPS) is 11.2. The second kappa shape index (κ2) is 9.47. The molecule has 24 heavy (non-hydrogen) atoms.